The van der Waals surface area contributed by atoms with Crippen LogP contribution in [0, 0.1) is 10.1 Å². The van der Waals surface area contributed by atoms with Gasteiger partial charge in [-0.15, -0.1) is 0 Å². The highest BCUT2D eigenvalue weighted by molar-refractivity contribution is 5.58. The first kappa shape index (κ1) is 12.6. The molecule has 0 spiro atoms. The van der Waals surface area contributed by atoms with Crippen molar-refractivity contribution in [3.63, 3.8) is 0 Å². The van der Waals surface area contributed by atoms with Crippen LogP contribution in [0.15, 0.2) is 18.2 Å². The monoisotopic (exact) mass is 251 g/mol. The van der Waals surface area contributed by atoms with Crippen molar-refractivity contribution in [2.75, 3.05) is 25.5 Å². The molecule has 1 fully saturated rings. The van der Waals surface area contributed by atoms with Crippen LogP contribution >= 0.6 is 0 Å². The maximum absolute atomic E-state index is 10.8. The highest BCUT2D eigenvalue weighted by Gasteiger charge is 2.17. The Morgan fingerprint density at radius 2 is 2.17 bits per heavy atom. The third-order valence-corrected chi connectivity index (χ3v) is 3.09. The molecule has 0 saturated carbocycles. The number of hydrogen-bond donors (Lipinski definition) is 2. The molecule has 0 bridgehead atoms. The Labute approximate surface area is 105 Å². The minimum absolute atomic E-state index is 0.00615. The van der Waals surface area contributed by atoms with E-state index in [1.54, 1.807) is 12.1 Å². The lowest BCUT2D eigenvalue weighted by molar-refractivity contribution is -0.385. The molecular weight excluding hydrogens is 234 g/mol. The van der Waals surface area contributed by atoms with E-state index in [4.69, 9.17) is 4.74 Å². The Hall–Kier alpha value is -1.82. The summed E-state index contributed by atoms with van der Waals surface area (Å²) in [6.07, 6.45) is 2.11. The van der Waals surface area contributed by atoms with Crippen LogP contribution in [0.25, 0.3) is 0 Å². The van der Waals surface area contributed by atoms with E-state index in [1.165, 1.54) is 13.2 Å². The van der Waals surface area contributed by atoms with E-state index >= 15 is 0 Å². The summed E-state index contributed by atoms with van der Waals surface area (Å²) < 4.78 is 5.04. The molecule has 1 saturated heterocycles. The van der Waals surface area contributed by atoms with Gasteiger partial charge in [-0.1, -0.05) is 0 Å². The Bertz CT molecular complexity index is 431. The Kier molecular flexibility index (Phi) is 3.99. The first-order chi connectivity index (χ1) is 8.70. The van der Waals surface area contributed by atoms with E-state index in [0.29, 0.717) is 11.8 Å². The summed E-state index contributed by atoms with van der Waals surface area (Å²) in [6.45, 7) is 2.00. The lowest BCUT2D eigenvalue weighted by Gasteiger charge is -2.24. The van der Waals surface area contributed by atoms with Gasteiger partial charge in [-0.2, -0.15) is 0 Å². The van der Waals surface area contributed by atoms with Crippen LogP contribution in [0.4, 0.5) is 11.4 Å². The van der Waals surface area contributed by atoms with Gasteiger partial charge >= 0.3 is 5.69 Å². The van der Waals surface area contributed by atoms with Crippen LogP contribution in [-0.2, 0) is 0 Å². The zero-order chi connectivity index (χ0) is 13.0. The molecule has 1 heterocycles. The Morgan fingerprint density at radius 3 is 2.78 bits per heavy atom. The van der Waals surface area contributed by atoms with Crippen molar-refractivity contribution in [3.05, 3.63) is 28.3 Å². The number of rotatable bonds is 4. The zero-order valence-corrected chi connectivity index (χ0v) is 10.3. The second kappa shape index (κ2) is 5.68. The molecule has 0 amide bonds. The number of anilines is 1. The third kappa shape index (κ3) is 2.89. The van der Waals surface area contributed by atoms with Crippen LogP contribution in [-0.4, -0.2) is 31.2 Å². The lowest BCUT2D eigenvalue weighted by Crippen LogP contribution is -2.35. The van der Waals surface area contributed by atoms with E-state index in [2.05, 4.69) is 10.6 Å². The average molecular weight is 251 g/mol. The lowest BCUT2D eigenvalue weighted by atomic mass is 10.1. The molecule has 0 atom stereocenters. The second-order valence-corrected chi connectivity index (χ2v) is 4.31. The molecule has 0 aromatic heterocycles. The molecule has 2 rings (SSSR count). The number of methoxy groups -OCH3 is 1. The fraction of sp³-hybridized carbons (Fsp3) is 0.500. The van der Waals surface area contributed by atoms with E-state index in [-0.39, 0.29) is 5.69 Å². The van der Waals surface area contributed by atoms with Gasteiger partial charge in [0, 0.05) is 23.9 Å². The smallest absolute Gasteiger partial charge is 0.311 e. The number of nitro benzene ring substituents is 1. The summed E-state index contributed by atoms with van der Waals surface area (Å²) in [7, 11) is 1.44. The quantitative estimate of drug-likeness (QED) is 0.630. The molecule has 0 unspecified atom stereocenters. The molecule has 1 aromatic rings. The summed E-state index contributed by atoms with van der Waals surface area (Å²) in [5.41, 5.74) is 0.859. The molecule has 18 heavy (non-hydrogen) atoms. The highest BCUT2D eigenvalue weighted by atomic mass is 16.6. The van der Waals surface area contributed by atoms with Crippen molar-refractivity contribution in [3.8, 4) is 5.75 Å². The van der Waals surface area contributed by atoms with Gasteiger partial charge in [-0.05, 0) is 32.0 Å². The van der Waals surface area contributed by atoms with Crippen molar-refractivity contribution in [1.29, 1.82) is 0 Å². The predicted octanol–water partition coefficient (Wildman–Crippen LogP) is 1.77. The minimum atomic E-state index is -0.437. The second-order valence-electron chi connectivity index (χ2n) is 4.31. The van der Waals surface area contributed by atoms with Gasteiger partial charge in [0.15, 0.2) is 5.75 Å². The largest absolute Gasteiger partial charge is 0.490 e. The van der Waals surface area contributed by atoms with Gasteiger partial charge in [0.05, 0.1) is 12.0 Å². The molecule has 6 heteroatoms. The Morgan fingerprint density at radius 1 is 1.44 bits per heavy atom. The summed E-state index contributed by atoms with van der Waals surface area (Å²) >= 11 is 0. The molecule has 1 aliphatic heterocycles. The first-order valence-corrected chi connectivity index (χ1v) is 6.00. The van der Waals surface area contributed by atoms with Crippen molar-refractivity contribution < 1.29 is 9.66 Å². The highest BCUT2D eigenvalue weighted by Crippen LogP contribution is 2.30. The predicted molar refractivity (Wildman–Crippen MR) is 69.2 cm³/mol. The maximum Gasteiger partial charge on any atom is 0.311 e. The van der Waals surface area contributed by atoms with Crippen LogP contribution in [0.5, 0.6) is 5.75 Å². The molecule has 98 valence electrons. The van der Waals surface area contributed by atoms with Gasteiger partial charge in [-0.3, -0.25) is 10.1 Å². The van der Waals surface area contributed by atoms with Crippen molar-refractivity contribution >= 4 is 11.4 Å². The van der Waals surface area contributed by atoms with Crippen molar-refractivity contribution in [2.24, 2.45) is 0 Å². The normalized spacial score (nSPS) is 16.3. The number of nitrogens with one attached hydrogen (secondary N) is 2. The van der Waals surface area contributed by atoms with Gasteiger partial charge in [0.1, 0.15) is 0 Å². The SMILES string of the molecule is COc1cc(NC2CCNCC2)ccc1[N+](=O)[O-]. The van der Waals surface area contributed by atoms with Crippen LogP contribution in [0.1, 0.15) is 12.8 Å². The van der Waals surface area contributed by atoms with E-state index < -0.39 is 4.92 Å². The summed E-state index contributed by atoms with van der Waals surface area (Å²) in [6, 6.07) is 5.29. The average Bonchev–Trinajstić information content (AvgIpc) is 2.39. The number of ether oxygens (including phenoxy) is 1. The minimum Gasteiger partial charge on any atom is -0.490 e. The number of piperidine rings is 1. The summed E-state index contributed by atoms with van der Waals surface area (Å²) in [5, 5.41) is 17.5. The van der Waals surface area contributed by atoms with Crippen molar-refractivity contribution in [1.82, 2.24) is 5.32 Å². The Balaban J connectivity index is 2.11. The summed E-state index contributed by atoms with van der Waals surface area (Å²) in [5.74, 6) is 0.291. The number of hydrogen-bond acceptors (Lipinski definition) is 5. The van der Waals surface area contributed by atoms with Crippen LogP contribution in [0.2, 0.25) is 0 Å². The number of nitrogens with zero attached hydrogens (tertiary/aromatic N) is 1. The molecule has 6 nitrogen and oxygen atoms in total. The number of benzene rings is 1. The standard InChI is InChI=1S/C12H17N3O3/c1-18-12-8-10(2-3-11(12)15(16)17)14-9-4-6-13-7-5-9/h2-3,8-9,13-14H,4-7H2,1H3. The zero-order valence-electron chi connectivity index (χ0n) is 10.3. The van der Waals surface area contributed by atoms with E-state index in [0.717, 1.165) is 31.6 Å². The topological polar surface area (TPSA) is 76.4 Å². The summed E-state index contributed by atoms with van der Waals surface area (Å²) in [4.78, 5) is 10.3. The van der Waals surface area contributed by atoms with Gasteiger partial charge < -0.3 is 15.4 Å². The number of nitro groups is 1. The molecule has 0 aliphatic carbocycles. The van der Waals surface area contributed by atoms with Crippen LogP contribution in [0.3, 0.4) is 0 Å². The molecular formula is C12H17N3O3. The van der Waals surface area contributed by atoms with Crippen LogP contribution < -0.4 is 15.4 Å². The fourth-order valence-electron chi connectivity index (χ4n) is 2.12. The van der Waals surface area contributed by atoms with Gasteiger partial charge in [0.2, 0.25) is 0 Å². The van der Waals surface area contributed by atoms with E-state index in [1.807, 2.05) is 0 Å². The molecule has 0 radical (unpaired) electrons. The van der Waals surface area contributed by atoms with Gasteiger partial charge in [0.25, 0.3) is 0 Å². The third-order valence-electron chi connectivity index (χ3n) is 3.09. The maximum atomic E-state index is 10.8. The fourth-order valence-corrected chi connectivity index (χ4v) is 2.12. The molecule has 2 N–H and O–H groups in total. The van der Waals surface area contributed by atoms with Gasteiger partial charge in [-0.25, -0.2) is 0 Å². The van der Waals surface area contributed by atoms with E-state index in [9.17, 15) is 10.1 Å². The molecule has 1 aliphatic rings. The van der Waals surface area contributed by atoms with Crippen molar-refractivity contribution in [2.45, 2.75) is 18.9 Å². The first-order valence-electron chi connectivity index (χ1n) is 6.00. The molecule has 1 aromatic carbocycles.